The lowest BCUT2D eigenvalue weighted by Crippen LogP contribution is -2.41. The first-order chi connectivity index (χ1) is 15.0. The fourth-order valence-electron chi connectivity index (χ4n) is 2.93. The van der Waals surface area contributed by atoms with Gasteiger partial charge in [-0.2, -0.15) is 0 Å². The summed E-state index contributed by atoms with van der Waals surface area (Å²) in [6.45, 7) is 7.18. The van der Waals surface area contributed by atoms with Gasteiger partial charge in [0.05, 0.1) is 16.3 Å². The van der Waals surface area contributed by atoms with E-state index in [2.05, 4.69) is 25.7 Å². The van der Waals surface area contributed by atoms with Gasteiger partial charge in [0.25, 0.3) is 17.7 Å². The highest BCUT2D eigenvalue weighted by Crippen LogP contribution is 2.28. The van der Waals surface area contributed by atoms with E-state index in [4.69, 9.17) is 23.2 Å². The Labute approximate surface area is 193 Å². The van der Waals surface area contributed by atoms with Crippen molar-refractivity contribution in [1.29, 1.82) is 0 Å². The Hall–Kier alpha value is -3.17. The Bertz CT molecular complexity index is 1190. The van der Waals surface area contributed by atoms with E-state index < -0.39 is 23.2 Å². The summed E-state index contributed by atoms with van der Waals surface area (Å²) in [5.74, 6) is -1.48. The predicted octanol–water partition coefficient (Wildman–Crippen LogP) is 4.93. The van der Waals surface area contributed by atoms with Crippen molar-refractivity contribution < 1.29 is 19.1 Å². The van der Waals surface area contributed by atoms with Crippen LogP contribution in [0.2, 0.25) is 10.0 Å². The fraction of sp³-hybridized carbons (Fsp3) is 0.238. The molecule has 32 heavy (non-hydrogen) atoms. The molecule has 0 atom stereocenters. The number of amides is 2. The topological polar surface area (TPSA) is 98.1 Å². The zero-order chi connectivity index (χ0) is 23.6. The van der Waals surface area contributed by atoms with Crippen LogP contribution in [0.25, 0.3) is 5.82 Å². The third-order valence-electron chi connectivity index (χ3n) is 4.21. The van der Waals surface area contributed by atoms with E-state index >= 15 is 0 Å². The summed E-state index contributed by atoms with van der Waals surface area (Å²) in [7, 11) is 0. The molecule has 0 spiro atoms. The minimum Gasteiger partial charge on any atom is -0.347 e. The van der Waals surface area contributed by atoms with Gasteiger partial charge in [0.2, 0.25) is 0 Å². The molecule has 2 N–H and O–H groups in total. The average molecular weight is 480 g/mol. The highest BCUT2D eigenvalue weighted by molar-refractivity contribution is 6.32. The van der Waals surface area contributed by atoms with Crippen molar-refractivity contribution in [3.05, 3.63) is 63.4 Å². The molecule has 8 nitrogen and oxygen atoms in total. The number of carbonyl (C=O) groups excluding carboxylic acids is 2. The standard InChI is InChI=1S/C21H20Cl2FN5O3/c1-11-8-12(22)9-13(19(30)27-21(2,3)4)17(11)26-20(31)15-10-16(32-24)28-29(15)18-14(23)6-5-7-25-18/h5-10H,1-4H3,(H,26,31)(H,27,30). The molecule has 2 aromatic heterocycles. The number of rotatable bonds is 5. The molecule has 168 valence electrons. The summed E-state index contributed by atoms with van der Waals surface area (Å²) in [4.78, 5) is 33.8. The molecule has 0 aliphatic rings. The molecule has 0 radical (unpaired) electrons. The van der Waals surface area contributed by atoms with Crippen molar-refractivity contribution in [1.82, 2.24) is 20.1 Å². The Balaban J connectivity index is 2.04. The zero-order valence-electron chi connectivity index (χ0n) is 17.7. The highest BCUT2D eigenvalue weighted by Gasteiger charge is 2.25. The molecule has 3 rings (SSSR count). The van der Waals surface area contributed by atoms with E-state index in [-0.39, 0.29) is 27.8 Å². The van der Waals surface area contributed by atoms with E-state index in [0.29, 0.717) is 10.6 Å². The molecule has 11 heteroatoms. The van der Waals surface area contributed by atoms with Crippen LogP contribution >= 0.6 is 23.2 Å². The zero-order valence-corrected chi connectivity index (χ0v) is 19.2. The maximum absolute atomic E-state index is 13.2. The van der Waals surface area contributed by atoms with E-state index in [1.54, 1.807) is 25.1 Å². The number of aryl methyl sites for hydroxylation is 1. The van der Waals surface area contributed by atoms with Crippen molar-refractivity contribution in [2.45, 2.75) is 33.2 Å². The molecule has 1 aromatic carbocycles. The van der Waals surface area contributed by atoms with Gasteiger partial charge >= 0.3 is 0 Å². The van der Waals surface area contributed by atoms with Crippen molar-refractivity contribution in [2.75, 3.05) is 5.32 Å². The van der Waals surface area contributed by atoms with Gasteiger partial charge in [-0.25, -0.2) is 9.67 Å². The van der Waals surface area contributed by atoms with Crippen LogP contribution in [-0.2, 0) is 0 Å². The first-order valence-electron chi connectivity index (χ1n) is 9.43. The van der Waals surface area contributed by atoms with Gasteiger partial charge in [0, 0.05) is 27.4 Å². The normalized spacial score (nSPS) is 11.2. The molecule has 0 saturated heterocycles. The number of nitrogens with zero attached hydrogens (tertiary/aromatic N) is 3. The Morgan fingerprint density at radius 1 is 1.16 bits per heavy atom. The van der Waals surface area contributed by atoms with Crippen LogP contribution < -0.4 is 15.6 Å². The van der Waals surface area contributed by atoms with E-state index in [1.165, 1.54) is 12.3 Å². The number of anilines is 1. The second kappa shape index (κ2) is 9.13. The van der Waals surface area contributed by atoms with Crippen molar-refractivity contribution in [3.63, 3.8) is 0 Å². The highest BCUT2D eigenvalue weighted by atomic mass is 35.5. The Kier molecular flexibility index (Phi) is 6.71. The number of benzene rings is 1. The molecule has 0 aliphatic heterocycles. The summed E-state index contributed by atoms with van der Waals surface area (Å²) < 4.78 is 13.9. The molecule has 0 fully saturated rings. The van der Waals surface area contributed by atoms with Crippen LogP contribution in [0.5, 0.6) is 5.88 Å². The fourth-order valence-corrected chi connectivity index (χ4v) is 3.40. The summed E-state index contributed by atoms with van der Waals surface area (Å²) in [6, 6.07) is 7.28. The van der Waals surface area contributed by atoms with E-state index in [0.717, 1.165) is 10.7 Å². The van der Waals surface area contributed by atoms with Crippen LogP contribution in [0.15, 0.2) is 36.5 Å². The number of aromatic nitrogens is 3. The van der Waals surface area contributed by atoms with Crippen molar-refractivity contribution in [3.8, 4) is 11.7 Å². The van der Waals surface area contributed by atoms with E-state index in [9.17, 15) is 14.1 Å². The maximum Gasteiger partial charge on any atom is 0.282 e. The number of pyridine rings is 1. The second-order valence-corrected chi connectivity index (χ2v) is 8.81. The molecule has 0 bridgehead atoms. The van der Waals surface area contributed by atoms with Crippen molar-refractivity contribution >= 4 is 40.7 Å². The summed E-state index contributed by atoms with van der Waals surface area (Å²) in [5.41, 5.74) is 0.325. The van der Waals surface area contributed by atoms with Crippen molar-refractivity contribution in [2.24, 2.45) is 0 Å². The van der Waals surface area contributed by atoms with Gasteiger partial charge in [-0.15, -0.1) is 5.10 Å². The Morgan fingerprint density at radius 3 is 2.50 bits per heavy atom. The molecule has 3 aromatic rings. The lowest BCUT2D eigenvalue weighted by atomic mass is 10.0. The third-order valence-corrected chi connectivity index (χ3v) is 4.72. The molecule has 2 heterocycles. The number of hydrogen-bond donors (Lipinski definition) is 2. The van der Waals surface area contributed by atoms with Crippen LogP contribution in [0.4, 0.5) is 10.2 Å². The number of carbonyl (C=O) groups is 2. The van der Waals surface area contributed by atoms with Crippen LogP contribution in [-0.4, -0.2) is 32.1 Å². The van der Waals surface area contributed by atoms with Gasteiger partial charge in [0.1, 0.15) is 5.69 Å². The third kappa shape index (κ3) is 5.17. The van der Waals surface area contributed by atoms with Gasteiger partial charge in [-0.05, 0) is 57.5 Å². The van der Waals surface area contributed by atoms with Crippen LogP contribution in [0, 0.1) is 6.92 Å². The van der Waals surface area contributed by atoms with Crippen LogP contribution in [0.1, 0.15) is 47.2 Å². The molecule has 0 aliphatic carbocycles. The first-order valence-corrected chi connectivity index (χ1v) is 10.2. The van der Waals surface area contributed by atoms with Gasteiger partial charge in [-0.3, -0.25) is 14.5 Å². The van der Waals surface area contributed by atoms with Gasteiger partial charge in [0.15, 0.2) is 5.82 Å². The molecule has 2 amide bonds. The molecule has 0 saturated carbocycles. The smallest absolute Gasteiger partial charge is 0.282 e. The second-order valence-electron chi connectivity index (χ2n) is 7.97. The molecular weight excluding hydrogens is 460 g/mol. The Morgan fingerprint density at radius 2 is 1.88 bits per heavy atom. The number of hydrogen-bond acceptors (Lipinski definition) is 5. The first kappa shape index (κ1) is 23.5. The van der Waals surface area contributed by atoms with Gasteiger partial charge in [-0.1, -0.05) is 23.2 Å². The largest absolute Gasteiger partial charge is 0.347 e. The lowest BCUT2D eigenvalue weighted by Gasteiger charge is -2.22. The average Bonchev–Trinajstić information content (AvgIpc) is 3.13. The minimum atomic E-state index is -0.697. The summed E-state index contributed by atoms with van der Waals surface area (Å²) >= 11 is 12.3. The number of halogens is 3. The predicted molar refractivity (Wildman–Crippen MR) is 119 cm³/mol. The molecular formula is C21H20Cl2FN5O3. The number of nitrogens with one attached hydrogen (secondary N) is 2. The van der Waals surface area contributed by atoms with Gasteiger partial charge < -0.3 is 10.6 Å². The molecule has 0 unspecified atom stereocenters. The summed E-state index contributed by atoms with van der Waals surface area (Å²) in [5, 5.41) is 9.92. The lowest BCUT2D eigenvalue weighted by molar-refractivity contribution is -0.0122. The minimum absolute atomic E-state index is 0.0983. The van der Waals surface area contributed by atoms with Crippen LogP contribution in [0.3, 0.4) is 0 Å². The summed E-state index contributed by atoms with van der Waals surface area (Å²) in [6.07, 6.45) is 1.44. The maximum atomic E-state index is 13.2. The quantitative estimate of drug-likeness (QED) is 0.540. The monoisotopic (exact) mass is 479 g/mol. The SMILES string of the molecule is Cc1cc(Cl)cc(C(=O)NC(C)(C)C)c1NC(=O)c1cc(OF)nn1-c1ncccc1Cl. The van der Waals surface area contributed by atoms with E-state index in [1.807, 2.05) is 20.8 Å².